The summed E-state index contributed by atoms with van der Waals surface area (Å²) in [4.78, 5) is 24.0. The van der Waals surface area contributed by atoms with Crippen molar-refractivity contribution in [1.29, 1.82) is 0 Å². The fraction of sp³-hybridized carbons (Fsp3) is 0.444. The van der Waals surface area contributed by atoms with Crippen LogP contribution in [0.2, 0.25) is 5.02 Å². The number of nitro benzene ring substituents is 1. The molecule has 38 heavy (non-hydrogen) atoms. The van der Waals surface area contributed by atoms with Crippen LogP contribution in [0, 0.1) is 16.0 Å². The van der Waals surface area contributed by atoms with Crippen molar-refractivity contribution in [2.45, 2.75) is 51.0 Å². The van der Waals surface area contributed by atoms with Gasteiger partial charge in [-0.2, -0.15) is 0 Å². The minimum Gasteiger partial charge on any atom is -0.486 e. The summed E-state index contributed by atoms with van der Waals surface area (Å²) in [5, 5.41) is 18.3. The minimum atomic E-state index is -3.32. The number of aryl methyl sites for hydroxylation is 1. The van der Waals surface area contributed by atoms with Gasteiger partial charge in [-0.15, -0.1) is 10.9 Å². The van der Waals surface area contributed by atoms with Crippen molar-refractivity contribution >= 4 is 33.1 Å². The zero-order chi connectivity index (χ0) is 28.1. The van der Waals surface area contributed by atoms with Crippen molar-refractivity contribution in [1.82, 2.24) is 0 Å². The number of fused-ring (bicyclic) bond motifs is 1. The van der Waals surface area contributed by atoms with E-state index in [0.29, 0.717) is 11.4 Å². The van der Waals surface area contributed by atoms with Gasteiger partial charge in [-0.1, -0.05) is 30.7 Å². The molecule has 0 bridgehead atoms. The lowest BCUT2D eigenvalue weighted by Crippen LogP contribution is -2.46. The van der Waals surface area contributed by atoms with Crippen LogP contribution in [-0.2, 0) is 26.5 Å². The molecule has 0 radical (unpaired) electrons. The molecule has 2 aromatic carbocycles. The second kappa shape index (κ2) is 12.4. The summed E-state index contributed by atoms with van der Waals surface area (Å²) < 4.78 is 28.1. The Kier molecular flexibility index (Phi) is 9.69. The van der Waals surface area contributed by atoms with E-state index in [1.165, 1.54) is 12.1 Å². The Hall–Kier alpha value is -2.79. The van der Waals surface area contributed by atoms with Crippen LogP contribution < -0.4 is 9.88 Å². The second-order valence-electron chi connectivity index (χ2n) is 9.80. The lowest BCUT2D eigenvalue weighted by Gasteiger charge is -2.42. The zero-order valence-corrected chi connectivity index (χ0v) is 23.4. The molecule has 0 saturated carbocycles. The third-order valence-corrected chi connectivity index (χ3v) is 8.78. The Morgan fingerprint density at radius 2 is 2.08 bits per heavy atom. The molecule has 0 aliphatic heterocycles. The number of methoxy groups -OCH3 is 1. The lowest BCUT2D eigenvalue weighted by atomic mass is 9.67. The van der Waals surface area contributed by atoms with Crippen LogP contribution in [0.1, 0.15) is 54.6 Å². The van der Waals surface area contributed by atoms with E-state index in [4.69, 9.17) is 26.2 Å². The SMILES string of the molecule is C=CC[C@H](C)C[S@](N)(=O)=NC(=O)c1ccc(OC[C@@]2(C(C)OC)CCCc3cc(Cl)ccc32)c([N+](=O)[O-])c1. The molecule has 1 aliphatic rings. The average Bonchev–Trinajstić information content (AvgIpc) is 2.85. The number of ether oxygens (including phenoxy) is 2. The number of hydrogen-bond donors (Lipinski definition) is 1. The van der Waals surface area contributed by atoms with Crippen molar-refractivity contribution in [3.8, 4) is 5.75 Å². The molecule has 3 rings (SSSR count). The van der Waals surface area contributed by atoms with E-state index in [1.807, 2.05) is 32.0 Å². The third kappa shape index (κ3) is 6.79. The standard InChI is InChI=1S/C27H34ClN3O6S/c1-5-7-18(2)16-38(29,35)30-26(32)21-9-12-25(24(15-21)31(33)34)37-17-27(19(3)36-4)13-6-8-20-14-22(28)10-11-23(20)27/h5,9-12,14-15,18-19H,1,6-8,13,16-17H2,2-4H3,(H2,29,30,32,35)/t18-,19?,27+,38+/m0/s1. The van der Waals surface area contributed by atoms with E-state index < -0.39 is 31.8 Å². The first-order valence-electron chi connectivity index (χ1n) is 12.3. The Morgan fingerprint density at radius 1 is 1.34 bits per heavy atom. The molecular weight excluding hydrogens is 530 g/mol. The maximum Gasteiger partial charge on any atom is 0.311 e. The summed E-state index contributed by atoms with van der Waals surface area (Å²) >= 11 is 6.23. The molecule has 1 amide bonds. The first-order valence-corrected chi connectivity index (χ1v) is 14.5. The molecule has 0 spiro atoms. The Morgan fingerprint density at radius 3 is 2.74 bits per heavy atom. The smallest absolute Gasteiger partial charge is 0.311 e. The summed E-state index contributed by atoms with van der Waals surface area (Å²) in [6, 6.07) is 9.52. The van der Waals surface area contributed by atoms with Crippen LogP contribution in [0.5, 0.6) is 5.75 Å². The minimum absolute atomic E-state index is 0.000497. The average molecular weight is 564 g/mol. The number of nitro groups is 1. The van der Waals surface area contributed by atoms with Crippen LogP contribution in [0.15, 0.2) is 53.4 Å². The third-order valence-electron chi connectivity index (χ3n) is 7.02. The van der Waals surface area contributed by atoms with Gasteiger partial charge in [-0.05, 0) is 73.9 Å². The van der Waals surface area contributed by atoms with Gasteiger partial charge >= 0.3 is 5.69 Å². The van der Waals surface area contributed by atoms with E-state index in [9.17, 15) is 19.1 Å². The summed E-state index contributed by atoms with van der Waals surface area (Å²) in [6.45, 7) is 7.52. The lowest BCUT2D eigenvalue weighted by molar-refractivity contribution is -0.386. The number of benzene rings is 2. The molecule has 0 fully saturated rings. The van der Waals surface area contributed by atoms with Crippen LogP contribution in [-0.4, -0.2) is 40.6 Å². The number of carbonyl (C=O) groups is 1. The molecule has 1 unspecified atom stereocenters. The van der Waals surface area contributed by atoms with E-state index in [-0.39, 0.29) is 35.7 Å². The van der Waals surface area contributed by atoms with E-state index in [0.717, 1.165) is 36.5 Å². The highest BCUT2D eigenvalue weighted by Gasteiger charge is 2.43. The van der Waals surface area contributed by atoms with Crippen molar-refractivity contribution in [3.63, 3.8) is 0 Å². The molecule has 0 saturated heterocycles. The molecule has 0 aromatic heterocycles. The normalized spacial score (nSPS) is 19.9. The molecule has 2 N–H and O–H groups in total. The van der Waals surface area contributed by atoms with E-state index >= 15 is 0 Å². The molecule has 2 aromatic rings. The highest BCUT2D eigenvalue weighted by molar-refractivity contribution is 7.91. The van der Waals surface area contributed by atoms with Crippen LogP contribution in [0.4, 0.5) is 5.69 Å². The number of rotatable bonds is 11. The summed E-state index contributed by atoms with van der Waals surface area (Å²) in [7, 11) is -1.70. The van der Waals surface area contributed by atoms with Crippen molar-refractivity contribution in [2.24, 2.45) is 15.4 Å². The van der Waals surface area contributed by atoms with Gasteiger partial charge in [0.25, 0.3) is 5.91 Å². The molecule has 4 atom stereocenters. The van der Waals surface area contributed by atoms with Crippen LogP contribution >= 0.6 is 11.6 Å². The molecule has 9 nitrogen and oxygen atoms in total. The Bertz CT molecular complexity index is 1340. The van der Waals surface area contributed by atoms with Crippen molar-refractivity contribution in [2.75, 3.05) is 19.5 Å². The highest BCUT2D eigenvalue weighted by Crippen LogP contribution is 2.43. The first-order chi connectivity index (χ1) is 17.9. The maximum absolute atomic E-state index is 12.7. The molecule has 0 heterocycles. The monoisotopic (exact) mass is 563 g/mol. The summed E-state index contributed by atoms with van der Waals surface area (Å²) in [6.07, 6.45) is 4.49. The van der Waals surface area contributed by atoms with Gasteiger partial charge in [0.2, 0.25) is 0 Å². The molecular formula is C27H34ClN3O6S. The number of nitrogens with zero attached hydrogens (tertiary/aromatic N) is 2. The predicted molar refractivity (Wildman–Crippen MR) is 149 cm³/mol. The van der Waals surface area contributed by atoms with Gasteiger partial charge in [0, 0.05) is 29.5 Å². The molecule has 206 valence electrons. The van der Waals surface area contributed by atoms with E-state index in [1.54, 1.807) is 13.2 Å². The zero-order valence-electron chi connectivity index (χ0n) is 21.9. The van der Waals surface area contributed by atoms with Crippen LogP contribution in [0.25, 0.3) is 0 Å². The topological polar surface area (TPSA) is 134 Å². The van der Waals surface area contributed by atoms with Gasteiger partial charge in [-0.25, -0.2) is 9.35 Å². The fourth-order valence-electron chi connectivity index (χ4n) is 5.01. The fourth-order valence-corrected chi connectivity index (χ4v) is 6.62. The van der Waals surface area contributed by atoms with Crippen molar-refractivity contribution in [3.05, 3.63) is 80.9 Å². The Labute approximate surface area is 228 Å². The first kappa shape index (κ1) is 29.8. The molecule has 11 heteroatoms. The largest absolute Gasteiger partial charge is 0.486 e. The maximum atomic E-state index is 12.7. The Balaban J connectivity index is 1.92. The summed E-state index contributed by atoms with van der Waals surface area (Å²) in [5.74, 6) is -0.973. The summed E-state index contributed by atoms with van der Waals surface area (Å²) in [5.41, 5.74) is 1.08. The number of hydrogen-bond acceptors (Lipinski definition) is 6. The van der Waals surface area contributed by atoms with Gasteiger partial charge in [0.15, 0.2) is 5.75 Å². The van der Waals surface area contributed by atoms with Gasteiger partial charge < -0.3 is 9.47 Å². The number of allylic oxidation sites excluding steroid dienone is 1. The van der Waals surface area contributed by atoms with Crippen molar-refractivity contribution < 1.29 is 23.4 Å². The predicted octanol–water partition coefficient (Wildman–Crippen LogP) is 5.63. The van der Waals surface area contributed by atoms with Gasteiger partial charge in [0.05, 0.1) is 16.4 Å². The quantitative estimate of drug-likeness (QED) is 0.214. The second-order valence-corrected chi connectivity index (χ2v) is 12.1. The van der Waals surface area contributed by atoms with E-state index in [2.05, 4.69) is 10.9 Å². The van der Waals surface area contributed by atoms with Crippen LogP contribution in [0.3, 0.4) is 0 Å². The number of halogens is 1. The van der Waals surface area contributed by atoms with Gasteiger partial charge in [0.1, 0.15) is 16.5 Å². The number of amides is 1. The molecule has 1 aliphatic carbocycles. The number of nitrogens with two attached hydrogens (primary N) is 1. The number of carbonyl (C=O) groups excluding carboxylic acids is 1. The highest BCUT2D eigenvalue weighted by atomic mass is 35.5. The van der Waals surface area contributed by atoms with Gasteiger partial charge in [-0.3, -0.25) is 14.9 Å².